The van der Waals surface area contributed by atoms with Gasteiger partial charge in [0.25, 0.3) is 5.91 Å². The maximum Gasteiger partial charge on any atom is 0.261 e. The van der Waals surface area contributed by atoms with Gasteiger partial charge in [-0.15, -0.1) is 0 Å². The Labute approximate surface area is 170 Å². The second kappa shape index (κ2) is 6.47. The molecule has 2 atom stereocenters. The van der Waals surface area contributed by atoms with Gasteiger partial charge in [-0.05, 0) is 44.7 Å². The number of fused-ring (bicyclic) bond motifs is 2. The van der Waals surface area contributed by atoms with E-state index >= 15 is 0 Å². The molecule has 5 rings (SSSR count). The van der Waals surface area contributed by atoms with Gasteiger partial charge in [0.1, 0.15) is 11.4 Å². The highest BCUT2D eigenvalue weighted by Crippen LogP contribution is 2.50. The van der Waals surface area contributed by atoms with E-state index in [1.807, 2.05) is 6.07 Å². The molecule has 2 fully saturated rings. The molecule has 0 radical (unpaired) electrons. The van der Waals surface area contributed by atoms with E-state index < -0.39 is 0 Å². The molecule has 0 spiro atoms. The molecule has 3 aliphatic rings. The monoisotopic (exact) mass is 391 g/mol. The van der Waals surface area contributed by atoms with Crippen molar-refractivity contribution >= 4 is 22.9 Å². The second-order valence-corrected chi connectivity index (χ2v) is 8.67. The van der Waals surface area contributed by atoms with Crippen LogP contribution in [0.25, 0.3) is 5.57 Å². The van der Waals surface area contributed by atoms with E-state index in [4.69, 9.17) is 10.5 Å². The van der Waals surface area contributed by atoms with E-state index in [-0.39, 0.29) is 17.1 Å². The molecule has 2 aliphatic heterocycles. The molecule has 3 heterocycles. The Hall–Kier alpha value is -3.09. The summed E-state index contributed by atoms with van der Waals surface area (Å²) in [5.74, 6) is 1.68. The third-order valence-corrected chi connectivity index (χ3v) is 5.98. The zero-order chi connectivity index (χ0) is 20.2. The van der Waals surface area contributed by atoms with Crippen LogP contribution in [-0.4, -0.2) is 34.1 Å². The average molecular weight is 391 g/mol. The summed E-state index contributed by atoms with van der Waals surface area (Å²) in [6.07, 6.45) is 7.68. The fourth-order valence-corrected chi connectivity index (χ4v) is 4.55. The summed E-state index contributed by atoms with van der Waals surface area (Å²) in [6.45, 7) is 5.17. The minimum atomic E-state index is -0.315. The number of amides is 1. The first-order chi connectivity index (χ1) is 13.9. The molecule has 1 aromatic heterocycles. The Bertz CT molecular complexity index is 1000. The van der Waals surface area contributed by atoms with Crippen LogP contribution in [0.2, 0.25) is 0 Å². The minimum absolute atomic E-state index is 0.241. The van der Waals surface area contributed by atoms with Gasteiger partial charge in [0, 0.05) is 49.2 Å². The van der Waals surface area contributed by atoms with Crippen LogP contribution < -0.4 is 20.7 Å². The molecule has 3 N–H and O–H groups in total. The Morgan fingerprint density at radius 3 is 2.79 bits per heavy atom. The number of carbonyl (C=O) groups is 1. The zero-order valence-corrected chi connectivity index (χ0v) is 16.7. The molecule has 2 aromatic rings. The quantitative estimate of drug-likeness (QED) is 0.779. The SMILES string of the molecule is CC1(C)Cc2cc(NC(=O)C(=CN)c3ncccn3)c(N3CCC4CC43)cc2O1. The van der Waals surface area contributed by atoms with Gasteiger partial charge in [-0.1, -0.05) is 0 Å². The van der Waals surface area contributed by atoms with E-state index in [2.05, 4.69) is 40.1 Å². The molecular formula is C22H25N5O2. The maximum absolute atomic E-state index is 13.0. The van der Waals surface area contributed by atoms with Crippen LogP contribution in [0.15, 0.2) is 36.8 Å². The van der Waals surface area contributed by atoms with Crippen molar-refractivity contribution in [3.63, 3.8) is 0 Å². The van der Waals surface area contributed by atoms with Gasteiger partial charge in [-0.3, -0.25) is 4.79 Å². The fourth-order valence-electron chi connectivity index (χ4n) is 4.55. The van der Waals surface area contributed by atoms with Crippen LogP contribution in [0.5, 0.6) is 5.75 Å². The lowest BCUT2D eigenvalue weighted by Crippen LogP contribution is -2.25. The lowest BCUT2D eigenvalue weighted by Gasteiger charge is -2.25. The molecule has 1 saturated carbocycles. The summed E-state index contributed by atoms with van der Waals surface area (Å²) >= 11 is 0. The number of rotatable bonds is 4. The van der Waals surface area contributed by atoms with Gasteiger partial charge in [0.05, 0.1) is 16.9 Å². The van der Waals surface area contributed by atoms with Gasteiger partial charge < -0.3 is 20.7 Å². The van der Waals surface area contributed by atoms with Crippen molar-refractivity contribution in [3.8, 4) is 5.75 Å². The van der Waals surface area contributed by atoms with E-state index in [0.717, 1.165) is 41.6 Å². The van der Waals surface area contributed by atoms with Crippen LogP contribution in [0, 0.1) is 5.92 Å². The van der Waals surface area contributed by atoms with Gasteiger partial charge in [0.2, 0.25) is 0 Å². The van der Waals surface area contributed by atoms with Crippen molar-refractivity contribution in [1.82, 2.24) is 9.97 Å². The Morgan fingerprint density at radius 2 is 2.14 bits per heavy atom. The normalized spacial score (nSPS) is 23.9. The summed E-state index contributed by atoms with van der Waals surface area (Å²) in [5.41, 5.74) is 8.66. The maximum atomic E-state index is 13.0. The predicted molar refractivity (Wildman–Crippen MR) is 112 cm³/mol. The Kier molecular flexibility index (Phi) is 4.01. The molecule has 7 nitrogen and oxygen atoms in total. The number of hydrogen-bond donors (Lipinski definition) is 2. The van der Waals surface area contributed by atoms with Gasteiger partial charge in [-0.2, -0.15) is 0 Å². The number of nitrogens with two attached hydrogens (primary N) is 1. The third kappa shape index (κ3) is 3.20. The third-order valence-electron chi connectivity index (χ3n) is 5.98. The highest BCUT2D eigenvalue weighted by Gasteiger charge is 2.48. The van der Waals surface area contributed by atoms with Crippen LogP contribution in [0.3, 0.4) is 0 Å². The molecule has 29 heavy (non-hydrogen) atoms. The topological polar surface area (TPSA) is 93.4 Å². The molecule has 1 amide bonds. The first-order valence-corrected chi connectivity index (χ1v) is 10.1. The molecule has 2 unspecified atom stereocenters. The van der Waals surface area contributed by atoms with Crippen LogP contribution in [0.1, 0.15) is 38.1 Å². The zero-order valence-electron chi connectivity index (χ0n) is 16.7. The van der Waals surface area contributed by atoms with Crippen LogP contribution in [0.4, 0.5) is 11.4 Å². The Morgan fingerprint density at radius 1 is 1.34 bits per heavy atom. The van der Waals surface area contributed by atoms with Crippen molar-refractivity contribution in [2.75, 3.05) is 16.8 Å². The molecular weight excluding hydrogens is 366 g/mol. The number of anilines is 2. The van der Waals surface area contributed by atoms with Crippen molar-refractivity contribution in [1.29, 1.82) is 0 Å². The van der Waals surface area contributed by atoms with E-state index in [1.54, 1.807) is 18.5 Å². The largest absolute Gasteiger partial charge is 0.487 e. The summed E-state index contributed by atoms with van der Waals surface area (Å²) < 4.78 is 6.15. The highest BCUT2D eigenvalue weighted by atomic mass is 16.5. The smallest absolute Gasteiger partial charge is 0.261 e. The van der Waals surface area contributed by atoms with Gasteiger partial charge in [-0.25, -0.2) is 9.97 Å². The van der Waals surface area contributed by atoms with Gasteiger partial charge >= 0.3 is 0 Å². The van der Waals surface area contributed by atoms with E-state index in [9.17, 15) is 4.79 Å². The average Bonchev–Trinajstić information content (AvgIpc) is 3.23. The van der Waals surface area contributed by atoms with Crippen molar-refractivity contribution in [2.24, 2.45) is 11.7 Å². The van der Waals surface area contributed by atoms with Crippen molar-refractivity contribution in [3.05, 3.63) is 48.2 Å². The summed E-state index contributed by atoms with van der Waals surface area (Å²) in [7, 11) is 0. The van der Waals surface area contributed by atoms with Crippen molar-refractivity contribution in [2.45, 2.75) is 44.8 Å². The predicted octanol–water partition coefficient (Wildman–Crippen LogP) is 2.73. The minimum Gasteiger partial charge on any atom is -0.487 e. The molecule has 1 aliphatic carbocycles. The Balaban J connectivity index is 1.49. The van der Waals surface area contributed by atoms with Crippen LogP contribution >= 0.6 is 0 Å². The molecule has 1 saturated heterocycles. The number of carbonyl (C=O) groups excluding carboxylic acids is 1. The standard InChI is InChI=1S/C22H25N5O2/c1-22(2)11-14-8-16(26-21(28)15(12-23)20-24-5-3-6-25-20)18(10-19(14)29-22)27-7-4-13-9-17(13)27/h3,5-6,8,10,12-13,17H,4,7,9,11,23H2,1-2H3,(H,26,28). The molecule has 150 valence electrons. The first-order valence-electron chi connectivity index (χ1n) is 10.1. The summed E-state index contributed by atoms with van der Waals surface area (Å²) in [5, 5.41) is 3.07. The molecule has 7 heteroatoms. The number of hydrogen-bond acceptors (Lipinski definition) is 6. The molecule has 1 aromatic carbocycles. The van der Waals surface area contributed by atoms with Crippen molar-refractivity contribution < 1.29 is 9.53 Å². The van der Waals surface area contributed by atoms with E-state index in [0.29, 0.717) is 11.9 Å². The lowest BCUT2D eigenvalue weighted by molar-refractivity contribution is -0.111. The number of nitrogens with zero attached hydrogens (tertiary/aromatic N) is 3. The van der Waals surface area contributed by atoms with Gasteiger partial charge in [0.15, 0.2) is 5.82 Å². The number of ether oxygens (including phenoxy) is 1. The summed E-state index contributed by atoms with van der Waals surface area (Å²) in [4.78, 5) is 23.8. The summed E-state index contributed by atoms with van der Waals surface area (Å²) in [6, 6.07) is 6.41. The second-order valence-electron chi connectivity index (χ2n) is 8.67. The number of nitrogens with one attached hydrogen (secondary N) is 1. The number of aromatic nitrogens is 2. The number of piperidine rings is 1. The fraction of sp³-hybridized carbons (Fsp3) is 0.409. The lowest BCUT2D eigenvalue weighted by atomic mass is 10.0. The molecule has 0 bridgehead atoms. The first kappa shape index (κ1) is 18.0. The van der Waals surface area contributed by atoms with E-state index in [1.165, 1.54) is 19.0 Å². The van der Waals surface area contributed by atoms with Crippen LogP contribution in [-0.2, 0) is 11.2 Å². The highest BCUT2D eigenvalue weighted by molar-refractivity contribution is 6.24. The number of benzene rings is 1.